The van der Waals surface area contributed by atoms with Gasteiger partial charge < -0.3 is 15.7 Å². The Bertz CT molecular complexity index is 739. The Morgan fingerprint density at radius 1 is 1.40 bits per heavy atom. The summed E-state index contributed by atoms with van der Waals surface area (Å²) in [6.07, 6.45) is 3.43. The Labute approximate surface area is 147 Å². The van der Waals surface area contributed by atoms with Gasteiger partial charge in [-0.3, -0.25) is 4.68 Å². The van der Waals surface area contributed by atoms with E-state index in [1.807, 2.05) is 14.0 Å². The lowest BCUT2D eigenvalue weighted by Crippen LogP contribution is -2.44. The van der Waals surface area contributed by atoms with Gasteiger partial charge in [-0.1, -0.05) is 12.1 Å². The van der Waals surface area contributed by atoms with Crippen molar-refractivity contribution < 1.29 is 9.50 Å². The monoisotopic (exact) mass is 347 g/mol. The van der Waals surface area contributed by atoms with E-state index in [9.17, 15) is 9.50 Å². The van der Waals surface area contributed by atoms with Crippen molar-refractivity contribution in [2.45, 2.75) is 32.9 Å². The summed E-state index contributed by atoms with van der Waals surface area (Å²) in [5.74, 6) is 0.374. The molecule has 2 aromatic rings. The van der Waals surface area contributed by atoms with E-state index in [2.05, 4.69) is 20.7 Å². The van der Waals surface area contributed by atoms with Gasteiger partial charge in [0, 0.05) is 25.4 Å². The zero-order valence-electron chi connectivity index (χ0n) is 15.2. The summed E-state index contributed by atoms with van der Waals surface area (Å²) in [4.78, 5) is 4.50. The van der Waals surface area contributed by atoms with Gasteiger partial charge in [-0.05, 0) is 38.0 Å². The van der Waals surface area contributed by atoms with E-state index < -0.39 is 5.60 Å². The number of guanidine groups is 1. The zero-order chi connectivity index (χ0) is 18.4. The molecule has 1 aromatic heterocycles. The van der Waals surface area contributed by atoms with Gasteiger partial charge in [0.25, 0.3) is 0 Å². The number of hydrogen-bond donors (Lipinski definition) is 3. The molecule has 0 fully saturated rings. The maximum atomic E-state index is 13.3. The average molecular weight is 347 g/mol. The zero-order valence-corrected chi connectivity index (χ0v) is 15.2. The van der Waals surface area contributed by atoms with Crippen LogP contribution >= 0.6 is 0 Å². The first kappa shape index (κ1) is 18.9. The Hall–Kier alpha value is -2.41. The molecule has 0 aliphatic heterocycles. The third-order valence-corrected chi connectivity index (χ3v) is 3.91. The van der Waals surface area contributed by atoms with Gasteiger partial charge >= 0.3 is 0 Å². The predicted octanol–water partition coefficient (Wildman–Crippen LogP) is 1.83. The second kappa shape index (κ2) is 8.11. The highest BCUT2D eigenvalue weighted by atomic mass is 19.1. The van der Waals surface area contributed by atoms with Gasteiger partial charge in [0.1, 0.15) is 11.4 Å². The van der Waals surface area contributed by atoms with Crippen molar-refractivity contribution in [3.05, 3.63) is 53.1 Å². The summed E-state index contributed by atoms with van der Waals surface area (Å²) in [6, 6.07) is 4.96. The molecule has 1 heterocycles. The number of aryl methyl sites for hydroxylation is 2. The minimum atomic E-state index is -1.07. The molecular weight excluding hydrogens is 321 g/mol. The van der Waals surface area contributed by atoms with E-state index in [0.717, 1.165) is 11.1 Å². The van der Waals surface area contributed by atoms with Crippen molar-refractivity contribution in [3.8, 4) is 0 Å². The van der Waals surface area contributed by atoms with Crippen LogP contribution in [0.4, 0.5) is 4.39 Å². The Kier molecular flexibility index (Phi) is 6.14. The van der Waals surface area contributed by atoms with Crippen molar-refractivity contribution in [1.29, 1.82) is 0 Å². The summed E-state index contributed by atoms with van der Waals surface area (Å²) >= 11 is 0. The van der Waals surface area contributed by atoms with Gasteiger partial charge in [0.2, 0.25) is 0 Å². The highest BCUT2D eigenvalue weighted by Gasteiger charge is 2.24. The highest BCUT2D eigenvalue weighted by Crippen LogP contribution is 2.18. The smallest absolute Gasteiger partial charge is 0.191 e. The Morgan fingerprint density at radius 2 is 2.16 bits per heavy atom. The molecule has 3 N–H and O–H groups in total. The number of rotatable bonds is 6. The SMILES string of the molecule is CCNC(=NCc1ccc(F)c(C)c1)NCC(C)(O)c1cnn(C)c1. The summed E-state index contributed by atoms with van der Waals surface area (Å²) in [7, 11) is 1.81. The van der Waals surface area contributed by atoms with Gasteiger partial charge in [0.15, 0.2) is 5.96 Å². The fraction of sp³-hybridized carbons (Fsp3) is 0.444. The summed E-state index contributed by atoms with van der Waals surface area (Å²) < 4.78 is 15.0. The van der Waals surface area contributed by atoms with Crippen LogP contribution in [0.1, 0.15) is 30.5 Å². The Morgan fingerprint density at radius 3 is 2.76 bits per heavy atom. The second-order valence-electron chi connectivity index (χ2n) is 6.31. The van der Waals surface area contributed by atoms with Crippen molar-refractivity contribution >= 4 is 5.96 Å². The molecule has 25 heavy (non-hydrogen) atoms. The maximum absolute atomic E-state index is 13.3. The van der Waals surface area contributed by atoms with E-state index in [1.165, 1.54) is 6.07 Å². The maximum Gasteiger partial charge on any atom is 0.191 e. The minimum Gasteiger partial charge on any atom is -0.383 e. The predicted molar refractivity (Wildman–Crippen MR) is 96.7 cm³/mol. The molecule has 1 unspecified atom stereocenters. The van der Waals surface area contributed by atoms with Gasteiger partial charge in [-0.15, -0.1) is 0 Å². The second-order valence-corrected chi connectivity index (χ2v) is 6.31. The molecule has 136 valence electrons. The number of halogens is 1. The molecular formula is C18H26FN5O. The normalized spacial score (nSPS) is 14.2. The molecule has 0 aliphatic rings. The van der Waals surface area contributed by atoms with E-state index in [-0.39, 0.29) is 12.4 Å². The number of hydrogen-bond acceptors (Lipinski definition) is 3. The van der Waals surface area contributed by atoms with Crippen LogP contribution in [0.15, 0.2) is 35.6 Å². The van der Waals surface area contributed by atoms with Crippen molar-refractivity contribution in [1.82, 2.24) is 20.4 Å². The number of benzene rings is 1. The minimum absolute atomic E-state index is 0.217. The molecule has 0 saturated carbocycles. The van der Waals surface area contributed by atoms with Crippen molar-refractivity contribution in [2.75, 3.05) is 13.1 Å². The van der Waals surface area contributed by atoms with E-state index in [1.54, 1.807) is 43.1 Å². The fourth-order valence-corrected chi connectivity index (χ4v) is 2.37. The van der Waals surface area contributed by atoms with E-state index in [4.69, 9.17) is 0 Å². The number of aliphatic imine (C=N–C) groups is 1. The van der Waals surface area contributed by atoms with Gasteiger partial charge in [-0.25, -0.2) is 9.38 Å². The van der Waals surface area contributed by atoms with Crippen LogP contribution < -0.4 is 10.6 Å². The molecule has 0 spiro atoms. The Balaban J connectivity index is 2.03. The molecule has 0 aliphatic carbocycles. The number of aliphatic hydroxyl groups is 1. The van der Waals surface area contributed by atoms with Crippen LogP contribution in [-0.4, -0.2) is 33.9 Å². The summed E-state index contributed by atoms with van der Waals surface area (Å²) in [5, 5.41) is 21.0. The quantitative estimate of drug-likeness (QED) is 0.551. The van der Waals surface area contributed by atoms with Crippen molar-refractivity contribution in [3.63, 3.8) is 0 Å². The van der Waals surface area contributed by atoms with E-state index in [0.29, 0.717) is 24.6 Å². The van der Waals surface area contributed by atoms with Crippen LogP contribution in [0.5, 0.6) is 0 Å². The van der Waals surface area contributed by atoms with Gasteiger partial charge in [0.05, 0.1) is 19.3 Å². The first-order valence-corrected chi connectivity index (χ1v) is 8.30. The molecule has 0 radical (unpaired) electrons. The highest BCUT2D eigenvalue weighted by molar-refractivity contribution is 5.79. The lowest BCUT2D eigenvalue weighted by Gasteiger charge is -2.23. The first-order chi connectivity index (χ1) is 11.8. The molecule has 7 heteroatoms. The third kappa shape index (κ3) is 5.29. The van der Waals surface area contributed by atoms with Crippen molar-refractivity contribution in [2.24, 2.45) is 12.0 Å². The molecule has 0 saturated heterocycles. The summed E-state index contributed by atoms with van der Waals surface area (Å²) in [5.41, 5.74) is 1.18. The van der Waals surface area contributed by atoms with Crippen LogP contribution in [-0.2, 0) is 19.2 Å². The standard InChI is InChI=1S/C18H26FN5O/c1-5-20-17(21-9-14-6-7-16(19)13(2)8-14)22-12-18(3,25)15-10-23-24(4)11-15/h6-8,10-11,25H,5,9,12H2,1-4H3,(H2,20,21,22). The third-order valence-electron chi connectivity index (χ3n) is 3.91. The number of nitrogens with one attached hydrogen (secondary N) is 2. The van der Waals surface area contributed by atoms with Gasteiger partial charge in [-0.2, -0.15) is 5.10 Å². The molecule has 0 bridgehead atoms. The fourth-order valence-electron chi connectivity index (χ4n) is 2.37. The average Bonchev–Trinajstić information content (AvgIpc) is 3.01. The molecule has 6 nitrogen and oxygen atoms in total. The van der Waals surface area contributed by atoms with E-state index >= 15 is 0 Å². The lowest BCUT2D eigenvalue weighted by molar-refractivity contribution is 0.0616. The first-order valence-electron chi connectivity index (χ1n) is 8.30. The van der Waals surface area contributed by atoms with Crippen LogP contribution in [0, 0.1) is 12.7 Å². The largest absolute Gasteiger partial charge is 0.383 e. The molecule has 1 atom stereocenters. The molecule has 2 rings (SSSR count). The lowest BCUT2D eigenvalue weighted by atomic mass is 10.00. The number of nitrogens with zero attached hydrogens (tertiary/aromatic N) is 3. The molecule has 1 aromatic carbocycles. The topological polar surface area (TPSA) is 74.5 Å². The van der Waals surface area contributed by atoms with Crippen LogP contribution in [0.25, 0.3) is 0 Å². The molecule has 0 amide bonds. The number of aromatic nitrogens is 2. The summed E-state index contributed by atoms with van der Waals surface area (Å²) in [6.45, 7) is 6.83. The van der Waals surface area contributed by atoms with Crippen LogP contribution in [0.3, 0.4) is 0 Å². The van der Waals surface area contributed by atoms with Crippen LogP contribution in [0.2, 0.25) is 0 Å².